The van der Waals surface area contributed by atoms with Gasteiger partial charge in [-0.3, -0.25) is 0 Å². The molecule has 1 heterocycles. The highest BCUT2D eigenvalue weighted by molar-refractivity contribution is 9.10. The summed E-state index contributed by atoms with van der Waals surface area (Å²) in [5.41, 5.74) is 8.38. The standard InChI is InChI=1S/C13H19BrN2S/c1-9-7-16(8-10(2)17-9)13-5-3-4-12(14)11(13)6-15/h3-5,9-10H,6-8,15H2,1-2H3. The predicted molar refractivity (Wildman–Crippen MR) is 80.8 cm³/mol. The molecule has 0 saturated carbocycles. The fourth-order valence-corrected chi connectivity index (χ4v) is 4.26. The maximum absolute atomic E-state index is 5.87. The van der Waals surface area contributed by atoms with E-state index >= 15 is 0 Å². The molecule has 1 aromatic carbocycles. The number of thioether (sulfide) groups is 1. The fourth-order valence-electron chi connectivity index (χ4n) is 2.42. The van der Waals surface area contributed by atoms with Crippen molar-refractivity contribution in [3.63, 3.8) is 0 Å². The minimum absolute atomic E-state index is 0.586. The van der Waals surface area contributed by atoms with Crippen molar-refractivity contribution >= 4 is 33.4 Å². The fraction of sp³-hybridized carbons (Fsp3) is 0.538. The molecule has 2 N–H and O–H groups in total. The third-order valence-electron chi connectivity index (χ3n) is 3.06. The van der Waals surface area contributed by atoms with Crippen LogP contribution in [-0.4, -0.2) is 23.6 Å². The van der Waals surface area contributed by atoms with Crippen LogP contribution in [0.15, 0.2) is 22.7 Å². The molecule has 2 unspecified atom stereocenters. The van der Waals surface area contributed by atoms with Crippen LogP contribution in [0, 0.1) is 0 Å². The average molecular weight is 315 g/mol. The van der Waals surface area contributed by atoms with Crippen molar-refractivity contribution in [2.24, 2.45) is 5.73 Å². The van der Waals surface area contributed by atoms with Crippen LogP contribution < -0.4 is 10.6 Å². The largest absolute Gasteiger partial charge is 0.369 e. The van der Waals surface area contributed by atoms with Gasteiger partial charge in [0.05, 0.1) is 0 Å². The van der Waals surface area contributed by atoms with Gasteiger partial charge < -0.3 is 10.6 Å². The van der Waals surface area contributed by atoms with Crippen molar-refractivity contribution in [2.45, 2.75) is 30.9 Å². The molecule has 17 heavy (non-hydrogen) atoms. The van der Waals surface area contributed by atoms with Crippen molar-refractivity contribution in [1.29, 1.82) is 0 Å². The molecular formula is C13H19BrN2S. The van der Waals surface area contributed by atoms with Gasteiger partial charge in [0.2, 0.25) is 0 Å². The van der Waals surface area contributed by atoms with Gasteiger partial charge in [-0.1, -0.05) is 35.8 Å². The van der Waals surface area contributed by atoms with Crippen LogP contribution in [0.3, 0.4) is 0 Å². The number of nitrogens with zero attached hydrogens (tertiary/aromatic N) is 1. The second kappa shape index (κ2) is 5.63. The molecule has 0 aromatic heterocycles. The van der Waals surface area contributed by atoms with Gasteiger partial charge in [0.25, 0.3) is 0 Å². The van der Waals surface area contributed by atoms with Gasteiger partial charge in [-0.2, -0.15) is 11.8 Å². The van der Waals surface area contributed by atoms with E-state index < -0.39 is 0 Å². The molecule has 1 aliphatic rings. The molecule has 1 aliphatic heterocycles. The lowest BCUT2D eigenvalue weighted by molar-refractivity contribution is 0.723. The molecule has 4 heteroatoms. The normalized spacial score (nSPS) is 25.1. The number of nitrogens with two attached hydrogens (primary N) is 1. The Morgan fingerprint density at radius 1 is 1.35 bits per heavy atom. The zero-order valence-electron chi connectivity index (χ0n) is 10.3. The van der Waals surface area contributed by atoms with Crippen LogP contribution in [0.25, 0.3) is 0 Å². The first-order chi connectivity index (χ1) is 8.11. The van der Waals surface area contributed by atoms with Gasteiger partial charge in [0.15, 0.2) is 0 Å². The molecule has 0 aliphatic carbocycles. The second-order valence-electron chi connectivity index (χ2n) is 4.60. The quantitative estimate of drug-likeness (QED) is 0.908. The molecular weight excluding hydrogens is 296 g/mol. The average Bonchev–Trinajstić information content (AvgIpc) is 2.27. The van der Waals surface area contributed by atoms with Crippen molar-refractivity contribution < 1.29 is 0 Å². The monoisotopic (exact) mass is 314 g/mol. The molecule has 2 rings (SSSR count). The molecule has 2 nitrogen and oxygen atoms in total. The van der Waals surface area contributed by atoms with Crippen molar-refractivity contribution in [3.05, 3.63) is 28.2 Å². The number of hydrogen-bond donors (Lipinski definition) is 1. The Morgan fingerprint density at radius 3 is 2.59 bits per heavy atom. The van der Waals surface area contributed by atoms with E-state index in [1.54, 1.807) is 0 Å². The highest BCUT2D eigenvalue weighted by Gasteiger charge is 2.24. The van der Waals surface area contributed by atoms with Crippen LogP contribution in [0.5, 0.6) is 0 Å². The van der Waals surface area contributed by atoms with E-state index in [0.29, 0.717) is 17.0 Å². The Labute approximate surface area is 116 Å². The van der Waals surface area contributed by atoms with Crippen molar-refractivity contribution in [1.82, 2.24) is 0 Å². The Bertz CT molecular complexity index is 387. The van der Waals surface area contributed by atoms with Gasteiger partial charge in [-0.15, -0.1) is 0 Å². The van der Waals surface area contributed by atoms with Gasteiger partial charge in [-0.25, -0.2) is 0 Å². The number of anilines is 1. The maximum Gasteiger partial charge on any atom is 0.0423 e. The smallest absolute Gasteiger partial charge is 0.0423 e. The predicted octanol–water partition coefficient (Wildman–Crippen LogP) is 3.24. The van der Waals surface area contributed by atoms with E-state index in [0.717, 1.165) is 17.6 Å². The molecule has 0 bridgehead atoms. The summed E-state index contributed by atoms with van der Waals surface area (Å²) in [6.45, 7) is 7.40. The minimum atomic E-state index is 0.586. The first-order valence-electron chi connectivity index (χ1n) is 5.99. The summed E-state index contributed by atoms with van der Waals surface area (Å²) >= 11 is 5.66. The van der Waals surface area contributed by atoms with E-state index in [2.05, 4.69) is 64.6 Å². The topological polar surface area (TPSA) is 29.3 Å². The summed E-state index contributed by atoms with van der Waals surface area (Å²) in [5.74, 6) is 0. The first-order valence-corrected chi connectivity index (χ1v) is 7.73. The van der Waals surface area contributed by atoms with Crippen LogP contribution in [-0.2, 0) is 6.54 Å². The van der Waals surface area contributed by atoms with Gasteiger partial charge >= 0.3 is 0 Å². The summed E-state index contributed by atoms with van der Waals surface area (Å²) in [6, 6.07) is 6.34. The zero-order chi connectivity index (χ0) is 12.4. The highest BCUT2D eigenvalue weighted by atomic mass is 79.9. The highest BCUT2D eigenvalue weighted by Crippen LogP contribution is 2.33. The molecule has 0 radical (unpaired) electrons. The van der Waals surface area contributed by atoms with Crippen molar-refractivity contribution in [3.8, 4) is 0 Å². The Kier molecular flexibility index (Phi) is 4.39. The molecule has 1 fully saturated rings. The van der Waals surface area contributed by atoms with Gasteiger partial charge in [0, 0.05) is 45.9 Å². The maximum atomic E-state index is 5.87. The van der Waals surface area contributed by atoms with E-state index in [1.165, 1.54) is 11.3 Å². The summed E-state index contributed by atoms with van der Waals surface area (Å²) in [4.78, 5) is 2.47. The van der Waals surface area contributed by atoms with Crippen molar-refractivity contribution in [2.75, 3.05) is 18.0 Å². The summed E-state index contributed by atoms with van der Waals surface area (Å²) in [5, 5.41) is 1.37. The molecule has 1 saturated heterocycles. The first kappa shape index (κ1) is 13.2. The second-order valence-corrected chi connectivity index (χ2v) is 7.34. The Hall–Kier alpha value is -0.190. The van der Waals surface area contributed by atoms with Crippen LogP contribution >= 0.6 is 27.7 Å². The number of benzene rings is 1. The molecule has 0 spiro atoms. The number of hydrogen-bond acceptors (Lipinski definition) is 3. The third-order valence-corrected chi connectivity index (χ3v) is 5.03. The summed E-state index contributed by atoms with van der Waals surface area (Å²) in [6.07, 6.45) is 0. The number of halogens is 1. The molecule has 2 atom stereocenters. The molecule has 0 amide bonds. The lowest BCUT2D eigenvalue weighted by Crippen LogP contribution is -2.41. The van der Waals surface area contributed by atoms with E-state index in [9.17, 15) is 0 Å². The Morgan fingerprint density at radius 2 is 2.00 bits per heavy atom. The van der Waals surface area contributed by atoms with Gasteiger partial charge in [0.1, 0.15) is 0 Å². The zero-order valence-corrected chi connectivity index (χ0v) is 12.7. The summed E-state index contributed by atoms with van der Waals surface area (Å²) < 4.78 is 1.12. The van der Waals surface area contributed by atoms with E-state index in [4.69, 9.17) is 5.73 Å². The SMILES string of the molecule is CC1CN(c2cccc(Br)c2CN)CC(C)S1. The minimum Gasteiger partial charge on any atom is -0.369 e. The number of rotatable bonds is 2. The van der Waals surface area contributed by atoms with Gasteiger partial charge in [-0.05, 0) is 12.1 Å². The molecule has 94 valence electrons. The van der Waals surface area contributed by atoms with Crippen LogP contribution in [0.4, 0.5) is 5.69 Å². The van der Waals surface area contributed by atoms with E-state index in [-0.39, 0.29) is 0 Å². The lowest BCUT2D eigenvalue weighted by atomic mass is 10.1. The van der Waals surface area contributed by atoms with Crippen LogP contribution in [0.1, 0.15) is 19.4 Å². The lowest BCUT2D eigenvalue weighted by Gasteiger charge is -2.37. The molecule has 1 aromatic rings. The third kappa shape index (κ3) is 2.98. The van der Waals surface area contributed by atoms with E-state index in [1.807, 2.05) is 0 Å². The summed E-state index contributed by atoms with van der Waals surface area (Å²) in [7, 11) is 0. The van der Waals surface area contributed by atoms with Crippen LogP contribution in [0.2, 0.25) is 0 Å². The Balaban J connectivity index is 2.30.